The fraction of sp³-hybridized carbons (Fsp3) is 0.364. The summed E-state index contributed by atoms with van der Waals surface area (Å²) in [6.07, 6.45) is 0.214. The molecule has 0 N–H and O–H groups in total. The Bertz CT molecular complexity index is 652. The van der Waals surface area contributed by atoms with Crippen LogP contribution in [-0.4, -0.2) is 28.1 Å². The fourth-order valence-electron chi connectivity index (χ4n) is 1.47. The average molecular weight is 304 g/mol. The molecule has 1 atom stereocenters. The number of non-ortho nitro benzene ring substituents is 1. The van der Waals surface area contributed by atoms with Crippen LogP contribution >= 0.6 is 0 Å². The van der Waals surface area contributed by atoms with Crippen LogP contribution < -0.4 is 0 Å². The molecular formula is C11H13FN2O5S. The van der Waals surface area contributed by atoms with Crippen LogP contribution in [0.15, 0.2) is 22.6 Å². The first-order chi connectivity index (χ1) is 9.23. The van der Waals surface area contributed by atoms with Crippen molar-refractivity contribution >= 4 is 21.5 Å². The van der Waals surface area contributed by atoms with Gasteiger partial charge in [-0.2, -0.15) is 0 Å². The van der Waals surface area contributed by atoms with Crippen molar-refractivity contribution in [2.75, 3.05) is 12.9 Å². The number of benzene rings is 1. The van der Waals surface area contributed by atoms with Gasteiger partial charge in [0.05, 0.1) is 33.1 Å². The quantitative estimate of drug-likeness (QED) is 0.628. The van der Waals surface area contributed by atoms with Gasteiger partial charge in [0, 0.05) is 12.3 Å². The maximum atomic E-state index is 13.2. The highest BCUT2D eigenvalue weighted by Gasteiger charge is 2.14. The fourth-order valence-corrected chi connectivity index (χ4v) is 2.69. The van der Waals surface area contributed by atoms with E-state index < -0.39 is 32.3 Å². The molecule has 1 rings (SSSR count). The number of ether oxygens (including phenoxy) is 1. The van der Waals surface area contributed by atoms with E-state index >= 15 is 0 Å². The van der Waals surface area contributed by atoms with Crippen molar-refractivity contribution in [3.8, 4) is 0 Å². The molecule has 0 aromatic heterocycles. The number of amides is 1. The minimum atomic E-state index is -3.00. The molecule has 9 heteroatoms. The normalized spacial score (nSPS) is 13.3. The van der Waals surface area contributed by atoms with Crippen molar-refractivity contribution < 1.29 is 23.1 Å². The first-order valence-electron chi connectivity index (χ1n) is 5.54. The Balaban J connectivity index is 3.06. The number of nitro benzene ring substituents is 1. The van der Waals surface area contributed by atoms with E-state index in [9.17, 15) is 23.5 Å². The van der Waals surface area contributed by atoms with Crippen molar-refractivity contribution in [2.45, 2.75) is 12.7 Å². The van der Waals surface area contributed by atoms with Crippen molar-refractivity contribution in [1.29, 1.82) is 0 Å². The van der Waals surface area contributed by atoms with E-state index in [2.05, 4.69) is 9.10 Å². The molecule has 0 saturated carbocycles. The Hall–Kier alpha value is -2.03. The van der Waals surface area contributed by atoms with Gasteiger partial charge in [-0.25, -0.2) is 13.4 Å². The molecule has 0 radical (unpaired) electrons. The predicted octanol–water partition coefficient (Wildman–Crippen LogP) is 2.49. The predicted molar refractivity (Wildman–Crippen MR) is 70.3 cm³/mol. The molecule has 1 aromatic carbocycles. The van der Waals surface area contributed by atoms with Crippen molar-refractivity contribution in [3.63, 3.8) is 0 Å². The molecule has 0 bridgehead atoms. The summed E-state index contributed by atoms with van der Waals surface area (Å²) in [4.78, 5) is 21.0. The topological polar surface area (TPSA) is 98.9 Å². The van der Waals surface area contributed by atoms with Crippen LogP contribution in [0.2, 0.25) is 0 Å². The molecule has 0 heterocycles. The smallest absolute Gasteiger partial charge is 0.441 e. The number of hydrogen-bond donors (Lipinski definition) is 0. The molecule has 1 aromatic rings. The van der Waals surface area contributed by atoms with Gasteiger partial charge in [0.1, 0.15) is 5.82 Å². The van der Waals surface area contributed by atoms with Crippen LogP contribution in [-0.2, 0) is 20.2 Å². The standard InChI is InChI=1S/C11H13FN2O5S/c1-3-19-11(15)13-20(2,18)7-8-4-9(12)6-10(5-8)14(16)17/h4-6H,3,7H2,1-2H3. The summed E-state index contributed by atoms with van der Waals surface area (Å²) in [5.74, 6) is -1.11. The summed E-state index contributed by atoms with van der Waals surface area (Å²) in [5, 5.41) is 10.6. The number of nitrogens with zero attached hydrogens (tertiary/aromatic N) is 2. The molecule has 0 aliphatic carbocycles. The second-order valence-electron chi connectivity index (χ2n) is 3.97. The summed E-state index contributed by atoms with van der Waals surface area (Å²) in [6, 6.07) is 2.85. The lowest BCUT2D eigenvalue weighted by Crippen LogP contribution is -2.07. The summed E-state index contributed by atoms with van der Waals surface area (Å²) in [6.45, 7) is 1.66. The van der Waals surface area contributed by atoms with E-state index in [1.807, 2.05) is 0 Å². The second kappa shape index (κ2) is 6.42. The number of hydrogen-bond acceptors (Lipinski definition) is 5. The molecule has 0 spiro atoms. The maximum absolute atomic E-state index is 13.2. The number of carbonyl (C=O) groups excluding carboxylic acids is 1. The van der Waals surface area contributed by atoms with Crippen molar-refractivity contribution in [1.82, 2.24) is 0 Å². The third kappa shape index (κ3) is 4.92. The van der Waals surface area contributed by atoms with Crippen molar-refractivity contribution in [3.05, 3.63) is 39.7 Å². The Kier molecular flexibility index (Phi) is 5.14. The monoisotopic (exact) mass is 304 g/mol. The number of carbonyl (C=O) groups is 1. The van der Waals surface area contributed by atoms with Gasteiger partial charge in [0.2, 0.25) is 0 Å². The van der Waals surface area contributed by atoms with Crippen LogP contribution in [0.3, 0.4) is 0 Å². The van der Waals surface area contributed by atoms with E-state index in [0.29, 0.717) is 0 Å². The molecular weight excluding hydrogens is 291 g/mol. The largest absolute Gasteiger partial charge is 0.448 e. The van der Waals surface area contributed by atoms with E-state index in [0.717, 1.165) is 18.2 Å². The lowest BCUT2D eigenvalue weighted by atomic mass is 10.2. The third-order valence-electron chi connectivity index (χ3n) is 2.12. The summed E-state index contributed by atoms with van der Waals surface area (Å²) in [5.41, 5.74) is -0.330. The van der Waals surface area contributed by atoms with E-state index in [-0.39, 0.29) is 17.9 Å². The minimum Gasteiger partial charge on any atom is -0.448 e. The molecule has 0 saturated heterocycles. The molecule has 0 fully saturated rings. The zero-order valence-electron chi connectivity index (χ0n) is 10.9. The first kappa shape index (κ1) is 16.0. The van der Waals surface area contributed by atoms with Gasteiger partial charge in [0.25, 0.3) is 5.69 Å². The van der Waals surface area contributed by atoms with Crippen LogP contribution in [0.25, 0.3) is 0 Å². The Morgan fingerprint density at radius 1 is 1.50 bits per heavy atom. The van der Waals surface area contributed by atoms with Crippen LogP contribution in [0.5, 0.6) is 0 Å². The SMILES string of the molecule is CCOC(=O)N=S(C)(=O)Cc1cc(F)cc([N+](=O)[O-])c1. The first-order valence-corrected chi connectivity index (χ1v) is 7.63. The molecule has 1 amide bonds. The molecule has 7 nitrogen and oxygen atoms in total. The number of nitro groups is 1. The lowest BCUT2D eigenvalue weighted by molar-refractivity contribution is -0.385. The van der Waals surface area contributed by atoms with E-state index in [1.54, 1.807) is 6.92 Å². The highest BCUT2D eigenvalue weighted by molar-refractivity contribution is 7.92. The average Bonchev–Trinajstić information content (AvgIpc) is 2.26. The van der Waals surface area contributed by atoms with Crippen molar-refractivity contribution in [2.24, 2.45) is 4.36 Å². The van der Waals surface area contributed by atoms with Gasteiger partial charge in [0.15, 0.2) is 0 Å². The summed E-state index contributed by atoms with van der Waals surface area (Å²) >= 11 is 0. The summed E-state index contributed by atoms with van der Waals surface area (Å²) in [7, 11) is -3.00. The zero-order valence-corrected chi connectivity index (χ0v) is 11.7. The second-order valence-corrected chi connectivity index (χ2v) is 6.36. The third-order valence-corrected chi connectivity index (χ3v) is 3.53. The van der Waals surface area contributed by atoms with Gasteiger partial charge in [-0.3, -0.25) is 10.1 Å². The van der Waals surface area contributed by atoms with Gasteiger partial charge in [-0.05, 0) is 18.6 Å². The summed E-state index contributed by atoms with van der Waals surface area (Å²) < 4.78 is 33.2. The Morgan fingerprint density at radius 2 is 2.15 bits per heavy atom. The van der Waals surface area contributed by atoms with Crippen LogP contribution in [0.4, 0.5) is 14.9 Å². The van der Waals surface area contributed by atoms with Crippen LogP contribution in [0, 0.1) is 15.9 Å². The molecule has 0 aliphatic rings. The van der Waals surface area contributed by atoms with Crippen LogP contribution in [0.1, 0.15) is 12.5 Å². The van der Waals surface area contributed by atoms with E-state index in [4.69, 9.17) is 0 Å². The number of rotatable bonds is 4. The molecule has 1 unspecified atom stereocenters. The lowest BCUT2D eigenvalue weighted by Gasteiger charge is -2.04. The highest BCUT2D eigenvalue weighted by atomic mass is 32.2. The Labute approximate surface area is 115 Å². The van der Waals surface area contributed by atoms with Gasteiger partial charge in [-0.1, -0.05) is 0 Å². The molecule has 20 heavy (non-hydrogen) atoms. The molecule has 110 valence electrons. The Morgan fingerprint density at radius 3 is 2.70 bits per heavy atom. The minimum absolute atomic E-state index is 0.0866. The van der Waals surface area contributed by atoms with Gasteiger partial charge < -0.3 is 4.74 Å². The maximum Gasteiger partial charge on any atom is 0.441 e. The number of halogens is 1. The van der Waals surface area contributed by atoms with Gasteiger partial charge >= 0.3 is 6.09 Å². The van der Waals surface area contributed by atoms with E-state index in [1.165, 1.54) is 6.26 Å². The highest BCUT2D eigenvalue weighted by Crippen LogP contribution is 2.18. The molecule has 0 aliphatic heterocycles. The van der Waals surface area contributed by atoms with Gasteiger partial charge in [-0.15, -0.1) is 4.36 Å². The zero-order chi connectivity index (χ0) is 15.3.